The van der Waals surface area contributed by atoms with E-state index in [0.29, 0.717) is 18.9 Å². The smallest absolute Gasteiger partial charge is 0.227 e. The third-order valence-corrected chi connectivity index (χ3v) is 4.60. The molecule has 1 aromatic carbocycles. The van der Waals surface area contributed by atoms with Crippen LogP contribution >= 0.6 is 0 Å². The Morgan fingerprint density at radius 2 is 1.90 bits per heavy atom. The van der Waals surface area contributed by atoms with Crippen molar-refractivity contribution in [2.45, 2.75) is 32.1 Å². The number of nitrogens with one attached hydrogen (secondary N) is 1. The van der Waals surface area contributed by atoms with Crippen molar-refractivity contribution in [3.63, 3.8) is 0 Å². The molecule has 1 unspecified atom stereocenters. The van der Waals surface area contributed by atoms with E-state index >= 15 is 0 Å². The molecule has 0 aromatic heterocycles. The molecule has 1 aliphatic heterocycles. The Kier molecular flexibility index (Phi) is 4.23. The van der Waals surface area contributed by atoms with E-state index < -0.39 is 0 Å². The van der Waals surface area contributed by atoms with Crippen molar-refractivity contribution in [2.75, 3.05) is 18.0 Å². The first-order chi connectivity index (χ1) is 10.2. The van der Waals surface area contributed by atoms with E-state index in [2.05, 4.69) is 5.32 Å². The third-order valence-electron chi connectivity index (χ3n) is 4.60. The minimum absolute atomic E-state index is 0.0358. The van der Waals surface area contributed by atoms with Crippen LogP contribution in [0.5, 0.6) is 0 Å². The Bertz CT molecular complexity index is 509. The molecule has 1 saturated carbocycles. The van der Waals surface area contributed by atoms with Gasteiger partial charge in [-0.2, -0.15) is 0 Å². The Morgan fingerprint density at radius 1 is 1.19 bits per heavy atom. The number of carbonyl (C=O) groups excluding carboxylic acids is 2. The van der Waals surface area contributed by atoms with Crippen LogP contribution in [0.15, 0.2) is 30.3 Å². The van der Waals surface area contributed by atoms with Gasteiger partial charge in [-0.1, -0.05) is 31.0 Å². The summed E-state index contributed by atoms with van der Waals surface area (Å²) in [5.74, 6) is 0.506. The van der Waals surface area contributed by atoms with Gasteiger partial charge >= 0.3 is 0 Å². The zero-order valence-electron chi connectivity index (χ0n) is 12.3. The molecule has 1 aromatic rings. The van der Waals surface area contributed by atoms with Gasteiger partial charge in [0, 0.05) is 25.2 Å². The lowest BCUT2D eigenvalue weighted by atomic mass is 10.1. The van der Waals surface area contributed by atoms with E-state index in [1.165, 1.54) is 25.7 Å². The van der Waals surface area contributed by atoms with Gasteiger partial charge in [-0.25, -0.2) is 0 Å². The number of para-hydroxylation sites is 1. The highest BCUT2D eigenvalue weighted by molar-refractivity contribution is 6.00. The molecule has 2 amide bonds. The van der Waals surface area contributed by atoms with Crippen molar-refractivity contribution in [2.24, 2.45) is 11.8 Å². The molecular weight excluding hydrogens is 264 g/mol. The van der Waals surface area contributed by atoms with Gasteiger partial charge in [0.05, 0.1) is 5.92 Å². The largest absolute Gasteiger partial charge is 0.356 e. The first kappa shape index (κ1) is 14.1. The maximum Gasteiger partial charge on any atom is 0.227 e. The summed E-state index contributed by atoms with van der Waals surface area (Å²) >= 11 is 0. The molecule has 1 saturated heterocycles. The Hall–Kier alpha value is -1.84. The standard InChI is InChI=1S/C17H22N2O2/c20-16-10-14(12-19(16)15-8-2-1-3-9-15)17(21)18-11-13-6-4-5-7-13/h1-3,8-9,13-14H,4-7,10-12H2,(H,18,21). The normalized spacial score (nSPS) is 22.8. The number of amides is 2. The maximum absolute atomic E-state index is 12.2. The molecule has 4 nitrogen and oxygen atoms in total. The average Bonchev–Trinajstić information content (AvgIpc) is 3.15. The summed E-state index contributed by atoms with van der Waals surface area (Å²) in [6, 6.07) is 9.58. The molecule has 0 radical (unpaired) electrons. The van der Waals surface area contributed by atoms with Crippen LogP contribution in [-0.4, -0.2) is 24.9 Å². The van der Waals surface area contributed by atoms with Crippen LogP contribution in [0.25, 0.3) is 0 Å². The number of hydrogen-bond acceptors (Lipinski definition) is 2. The quantitative estimate of drug-likeness (QED) is 0.923. The predicted octanol–water partition coefficient (Wildman–Crippen LogP) is 2.35. The van der Waals surface area contributed by atoms with Gasteiger partial charge in [0.25, 0.3) is 0 Å². The summed E-state index contributed by atoms with van der Waals surface area (Å²) in [4.78, 5) is 26.1. The van der Waals surface area contributed by atoms with Crippen LogP contribution < -0.4 is 10.2 Å². The van der Waals surface area contributed by atoms with Crippen molar-refractivity contribution in [1.29, 1.82) is 0 Å². The second-order valence-electron chi connectivity index (χ2n) is 6.14. The van der Waals surface area contributed by atoms with Gasteiger partial charge in [0.2, 0.25) is 11.8 Å². The molecule has 2 aliphatic rings. The second kappa shape index (κ2) is 6.29. The molecule has 1 N–H and O–H groups in total. The van der Waals surface area contributed by atoms with E-state index in [9.17, 15) is 9.59 Å². The molecule has 1 aliphatic carbocycles. The van der Waals surface area contributed by atoms with Gasteiger partial charge in [0.15, 0.2) is 0 Å². The number of rotatable bonds is 4. The van der Waals surface area contributed by atoms with E-state index in [0.717, 1.165) is 12.2 Å². The Morgan fingerprint density at radius 3 is 2.62 bits per heavy atom. The second-order valence-corrected chi connectivity index (χ2v) is 6.14. The van der Waals surface area contributed by atoms with Gasteiger partial charge in [0.1, 0.15) is 0 Å². The minimum Gasteiger partial charge on any atom is -0.356 e. The monoisotopic (exact) mass is 286 g/mol. The molecule has 0 bridgehead atoms. The first-order valence-corrected chi connectivity index (χ1v) is 7.87. The topological polar surface area (TPSA) is 49.4 Å². The summed E-state index contributed by atoms with van der Waals surface area (Å²) < 4.78 is 0. The molecule has 4 heteroatoms. The average molecular weight is 286 g/mol. The van der Waals surface area contributed by atoms with Crippen molar-refractivity contribution in [1.82, 2.24) is 5.32 Å². The van der Waals surface area contributed by atoms with Crippen LogP contribution in [0.4, 0.5) is 5.69 Å². The van der Waals surface area contributed by atoms with E-state index in [1.54, 1.807) is 4.90 Å². The van der Waals surface area contributed by atoms with Crippen molar-refractivity contribution >= 4 is 17.5 Å². The zero-order chi connectivity index (χ0) is 14.7. The highest BCUT2D eigenvalue weighted by atomic mass is 16.2. The van der Waals surface area contributed by atoms with E-state index in [1.807, 2.05) is 30.3 Å². The fraction of sp³-hybridized carbons (Fsp3) is 0.529. The number of anilines is 1. The zero-order valence-corrected chi connectivity index (χ0v) is 12.3. The Balaban J connectivity index is 1.55. The third kappa shape index (κ3) is 3.26. The minimum atomic E-state index is -0.209. The lowest BCUT2D eigenvalue weighted by molar-refractivity contribution is -0.126. The van der Waals surface area contributed by atoms with Crippen molar-refractivity contribution < 1.29 is 9.59 Å². The van der Waals surface area contributed by atoms with Crippen molar-refractivity contribution in [3.05, 3.63) is 30.3 Å². The van der Waals surface area contributed by atoms with Crippen LogP contribution in [-0.2, 0) is 9.59 Å². The van der Waals surface area contributed by atoms with Crippen molar-refractivity contribution in [3.8, 4) is 0 Å². The summed E-state index contributed by atoms with van der Waals surface area (Å²) in [7, 11) is 0. The summed E-state index contributed by atoms with van der Waals surface area (Å²) in [6.45, 7) is 1.27. The van der Waals surface area contributed by atoms with Crippen LogP contribution in [0.1, 0.15) is 32.1 Å². The highest BCUT2D eigenvalue weighted by Gasteiger charge is 2.35. The molecule has 3 rings (SSSR count). The van der Waals surface area contributed by atoms with Crippen LogP contribution in [0.3, 0.4) is 0 Å². The summed E-state index contributed by atoms with van der Waals surface area (Å²) in [5, 5.41) is 3.04. The summed E-state index contributed by atoms with van der Waals surface area (Å²) in [5.41, 5.74) is 0.883. The van der Waals surface area contributed by atoms with E-state index in [-0.39, 0.29) is 17.7 Å². The van der Waals surface area contributed by atoms with Crippen LogP contribution in [0, 0.1) is 11.8 Å². The van der Waals surface area contributed by atoms with Gasteiger partial charge in [-0.3, -0.25) is 9.59 Å². The highest BCUT2D eigenvalue weighted by Crippen LogP contribution is 2.26. The summed E-state index contributed by atoms with van der Waals surface area (Å²) in [6.07, 6.45) is 5.33. The number of benzene rings is 1. The fourth-order valence-corrected chi connectivity index (χ4v) is 3.34. The predicted molar refractivity (Wildman–Crippen MR) is 81.9 cm³/mol. The molecule has 0 spiro atoms. The number of carbonyl (C=O) groups is 2. The molecule has 1 atom stereocenters. The lowest BCUT2D eigenvalue weighted by Gasteiger charge is -2.17. The first-order valence-electron chi connectivity index (χ1n) is 7.87. The van der Waals surface area contributed by atoms with Gasteiger partial charge in [-0.05, 0) is 30.9 Å². The fourth-order valence-electron chi connectivity index (χ4n) is 3.34. The van der Waals surface area contributed by atoms with Gasteiger partial charge < -0.3 is 10.2 Å². The van der Waals surface area contributed by atoms with Gasteiger partial charge in [-0.15, -0.1) is 0 Å². The number of nitrogens with zero attached hydrogens (tertiary/aromatic N) is 1. The molecule has 1 heterocycles. The molecule has 112 valence electrons. The molecule has 2 fully saturated rings. The SMILES string of the molecule is O=C(NCC1CCCC1)C1CC(=O)N(c2ccccc2)C1. The maximum atomic E-state index is 12.2. The Labute approximate surface area is 125 Å². The molecular formula is C17H22N2O2. The van der Waals surface area contributed by atoms with E-state index in [4.69, 9.17) is 0 Å². The molecule has 21 heavy (non-hydrogen) atoms. The van der Waals surface area contributed by atoms with Crippen LogP contribution in [0.2, 0.25) is 0 Å². The number of hydrogen-bond donors (Lipinski definition) is 1. The lowest BCUT2D eigenvalue weighted by Crippen LogP contribution is -2.35.